The predicted molar refractivity (Wildman–Crippen MR) is 107 cm³/mol. The van der Waals surface area contributed by atoms with E-state index in [1.807, 2.05) is 24.0 Å². The second kappa shape index (κ2) is 8.91. The highest BCUT2D eigenvalue weighted by Crippen LogP contribution is 2.28. The Morgan fingerprint density at radius 2 is 1.81 bits per heavy atom. The number of benzene rings is 2. The highest BCUT2D eigenvalue weighted by Gasteiger charge is 2.23. The Morgan fingerprint density at radius 3 is 2.48 bits per heavy atom. The fourth-order valence-corrected chi connectivity index (χ4v) is 3.44. The molecule has 0 aliphatic carbocycles. The highest BCUT2D eigenvalue weighted by molar-refractivity contribution is 5.95. The monoisotopic (exact) mass is 368 g/mol. The Bertz CT molecular complexity index is 783. The number of hydrogen-bond acceptors (Lipinski definition) is 4. The van der Waals surface area contributed by atoms with E-state index in [9.17, 15) is 4.79 Å². The van der Waals surface area contributed by atoms with Crippen molar-refractivity contribution in [1.29, 1.82) is 0 Å². The summed E-state index contributed by atoms with van der Waals surface area (Å²) in [5.41, 5.74) is 3.25. The van der Waals surface area contributed by atoms with Gasteiger partial charge in [0.05, 0.1) is 13.7 Å². The predicted octanol–water partition coefficient (Wildman–Crippen LogP) is 3.36. The maximum Gasteiger partial charge on any atom is 0.254 e. The lowest BCUT2D eigenvalue weighted by Gasteiger charge is -2.35. The van der Waals surface area contributed by atoms with Crippen molar-refractivity contribution in [2.45, 2.75) is 20.4 Å². The summed E-state index contributed by atoms with van der Waals surface area (Å²) < 4.78 is 10.9. The maximum atomic E-state index is 12.9. The normalized spacial score (nSPS) is 14.9. The lowest BCUT2D eigenvalue weighted by Crippen LogP contribution is -2.48. The Hall–Kier alpha value is -2.53. The molecule has 2 aromatic rings. The largest absolute Gasteiger partial charge is 0.493 e. The molecule has 0 unspecified atom stereocenters. The molecule has 0 N–H and O–H groups in total. The number of hydrogen-bond donors (Lipinski definition) is 0. The summed E-state index contributed by atoms with van der Waals surface area (Å²) in [6.45, 7) is 8.77. The van der Waals surface area contributed by atoms with Gasteiger partial charge >= 0.3 is 0 Å². The van der Waals surface area contributed by atoms with Crippen molar-refractivity contribution in [2.75, 3.05) is 39.9 Å². The summed E-state index contributed by atoms with van der Waals surface area (Å²) in [6.07, 6.45) is 0. The molecule has 1 aliphatic heterocycles. The van der Waals surface area contributed by atoms with Gasteiger partial charge in [0, 0.05) is 38.3 Å². The fraction of sp³-hybridized carbons (Fsp3) is 0.409. The van der Waals surface area contributed by atoms with Crippen LogP contribution in [0.5, 0.6) is 11.5 Å². The third-order valence-corrected chi connectivity index (χ3v) is 4.86. The molecule has 0 spiro atoms. The number of amides is 1. The Kier molecular flexibility index (Phi) is 6.35. The van der Waals surface area contributed by atoms with Crippen molar-refractivity contribution in [3.63, 3.8) is 0 Å². The van der Waals surface area contributed by atoms with Crippen LogP contribution in [0.1, 0.15) is 28.4 Å². The maximum absolute atomic E-state index is 12.9. The van der Waals surface area contributed by atoms with E-state index < -0.39 is 0 Å². The molecule has 1 aliphatic rings. The lowest BCUT2D eigenvalue weighted by atomic mass is 10.1. The number of methoxy groups -OCH3 is 1. The third-order valence-electron chi connectivity index (χ3n) is 4.86. The van der Waals surface area contributed by atoms with Crippen LogP contribution in [-0.4, -0.2) is 55.6 Å². The van der Waals surface area contributed by atoms with E-state index in [2.05, 4.69) is 36.1 Å². The van der Waals surface area contributed by atoms with E-state index in [-0.39, 0.29) is 5.91 Å². The number of piperazine rings is 1. The van der Waals surface area contributed by atoms with Crippen molar-refractivity contribution in [1.82, 2.24) is 9.80 Å². The summed E-state index contributed by atoms with van der Waals surface area (Å²) in [6, 6.07) is 14.0. The van der Waals surface area contributed by atoms with E-state index in [1.54, 1.807) is 13.2 Å². The van der Waals surface area contributed by atoms with Gasteiger partial charge in [-0.1, -0.05) is 29.8 Å². The van der Waals surface area contributed by atoms with E-state index >= 15 is 0 Å². The quantitative estimate of drug-likeness (QED) is 0.784. The molecule has 0 radical (unpaired) electrons. The van der Waals surface area contributed by atoms with Crippen LogP contribution in [0.15, 0.2) is 42.5 Å². The molecule has 0 bridgehead atoms. The molecule has 0 aromatic heterocycles. The third kappa shape index (κ3) is 4.80. The fourth-order valence-electron chi connectivity index (χ4n) is 3.44. The van der Waals surface area contributed by atoms with E-state index in [1.165, 1.54) is 11.1 Å². The second-order valence-corrected chi connectivity index (χ2v) is 6.86. The second-order valence-electron chi connectivity index (χ2n) is 6.86. The van der Waals surface area contributed by atoms with Crippen molar-refractivity contribution < 1.29 is 14.3 Å². The molecule has 1 fully saturated rings. The van der Waals surface area contributed by atoms with Crippen molar-refractivity contribution in [3.05, 3.63) is 59.2 Å². The minimum absolute atomic E-state index is 0.0477. The molecule has 0 saturated carbocycles. The van der Waals surface area contributed by atoms with Crippen molar-refractivity contribution in [2.24, 2.45) is 0 Å². The zero-order valence-corrected chi connectivity index (χ0v) is 16.4. The number of carbonyl (C=O) groups excluding carboxylic acids is 1. The van der Waals surface area contributed by atoms with Gasteiger partial charge in [0.15, 0.2) is 11.5 Å². The van der Waals surface area contributed by atoms with Crippen LogP contribution < -0.4 is 9.47 Å². The SMILES string of the molecule is CCOc1ccc(C(=O)N2CCN(Cc3cccc(C)c3)CC2)cc1OC. The average molecular weight is 368 g/mol. The van der Waals surface area contributed by atoms with Gasteiger partial charge in [-0.2, -0.15) is 0 Å². The van der Waals surface area contributed by atoms with E-state index in [4.69, 9.17) is 9.47 Å². The molecule has 1 saturated heterocycles. The number of ether oxygens (including phenoxy) is 2. The summed E-state index contributed by atoms with van der Waals surface area (Å²) in [5.74, 6) is 1.31. The first-order valence-electron chi connectivity index (χ1n) is 9.48. The first-order chi connectivity index (χ1) is 13.1. The summed E-state index contributed by atoms with van der Waals surface area (Å²) in [7, 11) is 1.59. The molecule has 3 rings (SSSR count). The number of rotatable bonds is 6. The Balaban J connectivity index is 1.59. The van der Waals surface area contributed by atoms with Gasteiger partial charge in [0.1, 0.15) is 0 Å². The van der Waals surface area contributed by atoms with Gasteiger partial charge in [0.2, 0.25) is 0 Å². The molecule has 5 nitrogen and oxygen atoms in total. The molecule has 0 atom stereocenters. The van der Waals surface area contributed by atoms with Gasteiger partial charge < -0.3 is 14.4 Å². The van der Waals surface area contributed by atoms with Gasteiger partial charge in [0.25, 0.3) is 5.91 Å². The highest BCUT2D eigenvalue weighted by atomic mass is 16.5. The van der Waals surface area contributed by atoms with Crippen molar-refractivity contribution in [3.8, 4) is 11.5 Å². The van der Waals surface area contributed by atoms with Crippen LogP contribution >= 0.6 is 0 Å². The van der Waals surface area contributed by atoms with Crippen LogP contribution in [-0.2, 0) is 6.54 Å². The summed E-state index contributed by atoms with van der Waals surface area (Å²) >= 11 is 0. The van der Waals surface area contributed by atoms with Gasteiger partial charge in [-0.05, 0) is 37.6 Å². The molecule has 2 aromatic carbocycles. The lowest BCUT2D eigenvalue weighted by molar-refractivity contribution is 0.0628. The standard InChI is InChI=1S/C22H28N2O3/c1-4-27-20-9-8-19(15-21(20)26-3)22(25)24-12-10-23(11-13-24)16-18-7-5-6-17(2)14-18/h5-9,14-15H,4,10-13,16H2,1-3H3. The minimum atomic E-state index is 0.0477. The summed E-state index contributed by atoms with van der Waals surface area (Å²) in [5, 5.41) is 0. The van der Waals surface area contributed by atoms with Crippen LogP contribution in [0.4, 0.5) is 0 Å². The molecule has 27 heavy (non-hydrogen) atoms. The summed E-state index contributed by atoms with van der Waals surface area (Å²) in [4.78, 5) is 17.2. The zero-order valence-electron chi connectivity index (χ0n) is 16.4. The smallest absolute Gasteiger partial charge is 0.254 e. The molecule has 1 heterocycles. The number of nitrogens with zero attached hydrogens (tertiary/aromatic N) is 2. The number of aryl methyl sites for hydroxylation is 1. The van der Waals surface area contributed by atoms with Gasteiger partial charge in [-0.25, -0.2) is 0 Å². The Morgan fingerprint density at radius 1 is 1.04 bits per heavy atom. The first-order valence-corrected chi connectivity index (χ1v) is 9.48. The minimum Gasteiger partial charge on any atom is -0.493 e. The molecular formula is C22H28N2O3. The van der Waals surface area contributed by atoms with Crippen LogP contribution in [0, 0.1) is 6.92 Å². The van der Waals surface area contributed by atoms with Crippen LogP contribution in [0.2, 0.25) is 0 Å². The van der Waals surface area contributed by atoms with Crippen LogP contribution in [0.3, 0.4) is 0 Å². The molecular weight excluding hydrogens is 340 g/mol. The van der Waals surface area contributed by atoms with Gasteiger partial charge in [-0.15, -0.1) is 0 Å². The molecule has 5 heteroatoms. The molecule has 144 valence electrons. The topological polar surface area (TPSA) is 42.0 Å². The first kappa shape index (κ1) is 19.2. The zero-order chi connectivity index (χ0) is 19.2. The van der Waals surface area contributed by atoms with E-state index in [0.29, 0.717) is 23.7 Å². The van der Waals surface area contributed by atoms with Gasteiger partial charge in [-0.3, -0.25) is 9.69 Å². The van der Waals surface area contributed by atoms with Crippen molar-refractivity contribution >= 4 is 5.91 Å². The Labute approximate surface area is 161 Å². The average Bonchev–Trinajstić information content (AvgIpc) is 2.68. The molecule has 1 amide bonds. The van der Waals surface area contributed by atoms with E-state index in [0.717, 1.165) is 32.7 Å². The number of carbonyl (C=O) groups is 1. The van der Waals surface area contributed by atoms with Crippen LogP contribution in [0.25, 0.3) is 0 Å².